The van der Waals surface area contributed by atoms with Gasteiger partial charge in [0.2, 0.25) is 5.91 Å². The number of aryl methyl sites for hydroxylation is 1. The van der Waals surface area contributed by atoms with Crippen molar-refractivity contribution >= 4 is 45.1 Å². The molecule has 8 nitrogen and oxygen atoms in total. The molecule has 34 heavy (non-hydrogen) atoms. The van der Waals surface area contributed by atoms with E-state index in [1.54, 1.807) is 11.0 Å². The fourth-order valence-electron chi connectivity index (χ4n) is 4.69. The molecule has 3 heterocycles. The first-order valence-electron chi connectivity index (χ1n) is 11.6. The third-order valence-corrected chi connectivity index (χ3v) is 7.68. The van der Waals surface area contributed by atoms with Crippen LogP contribution in [0.3, 0.4) is 0 Å². The molecule has 1 fully saturated rings. The predicted octanol–water partition coefficient (Wildman–Crippen LogP) is 3.56. The van der Waals surface area contributed by atoms with E-state index in [9.17, 15) is 14.4 Å². The monoisotopic (exact) mass is 481 g/mol. The Hall–Kier alpha value is -3.17. The minimum absolute atomic E-state index is 0.132. The number of hydrogen-bond acceptors (Lipinski definition) is 7. The van der Waals surface area contributed by atoms with Crippen molar-refractivity contribution in [2.24, 2.45) is 0 Å². The average Bonchev–Trinajstić information content (AvgIpc) is 3.44. The van der Waals surface area contributed by atoms with E-state index in [1.165, 1.54) is 23.3 Å². The summed E-state index contributed by atoms with van der Waals surface area (Å²) in [5, 5.41) is 4.44. The standard InChI is InChI=1S/C25H27N3O5S/c1-32-25(31)22-17-7-3-5-9-20(17)34-23(22)26-21(29)15-27-10-12-28(13-11-27)24(30)19-14-16-6-2-4-8-18(16)33-19/h2,4,6,8,14H,3,5,7,9-13,15H2,1H3,(H,26,29). The number of furan rings is 1. The van der Waals surface area contributed by atoms with E-state index in [2.05, 4.69) is 5.32 Å². The Kier molecular flexibility index (Phi) is 6.38. The van der Waals surface area contributed by atoms with Crippen molar-refractivity contribution in [1.82, 2.24) is 9.80 Å². The molecule has 0 unspecified atom stereocenters. The second kappa shape index (κ2) is 9.60. The maximum atomic E-state index is 12.9. The van der Waals surface area contributed by atoms with E-state index in [4.69, 9.17) is 9.15 Å². The summed E-state index contributed by atoms with van der Waals surface area (Å²) in [6.07, 6.45) is 3.91. The number of thiophene rings is 1. The first-order chi connectivity index (χ1) is 16.5. The molecular weight excluding hydrogens is 454 g/mol. The van der Waals surface area contributed by atoms with E-state index < -0.39 is 5.97 Å². The Balaban J connectivity index is 1.18. The number of fused-ring (bicyclic) bond motifs is 2. The fraction of sp³-hybridized carbons (Fsp3) is 0.400. The first kappa shape index (κ1) is 22.6. The van der Waals surface area contributed by atoms with Crippen LogP contribution in [0.1, 0.15) is 44.2 Å². The summed E-state index contributed by atoms with van der Waals surface area (Å²) in [7, 11) is 1.37. The van der Waals surface area contributed by atoms with Gasteiger partial charge in [0, 0.05) is 36.4 Å². The Morgan fingerprint density at radius 1 is 1.09 bits per heavy atom. The Labute approximate surface area is 201 Å². The van der Waals surface area contributed by atoms with Crippen LogP contribution in [-0.2, 0) is 22.4 Å². The minimum Gasteiger partial charge on any atom is -0.465 e. The van der Waals surface area contributed by atoms with Crippen molar-refractivity contribution in [2.75, 3.05) is 45.2 Å². The van der Waals surface area contributed by atoms with Gasteiger partial charge in [0.05, 0.1) is 19.2 Å². The zero-order chi connectivity index (χ0) is 23.7. The van der Waals surface area contributed by atoms with Gasteiger partial charge in [-0.2, -0.15) is 0 Å². The molecule has 1 saturated heterocycles. The molecule has 0 bridgehead atoms. The molecule has 0 saturated carbocycles. The Bertz CT molecular complexity index is 1210. The van der Waals surface area contributed by atoms with Crippen LogP contribution in [0.4, 0.5) is 5.00 Å². The molecule has 1 aliphatic heterocycles. The van der Waals surface area contributed by atoms with Crippen molar-refractivity contribution in [3.8, 4) is 0 Å². The number of amides is 2. The van der Waals surface area contributed by atoms with Crippen LogP contribution in [0.15, 0.2) is 34.7 Å². The molecule has 0 atom stereocenters. The second-order valence-electron chi connectivity index (χ2n) is 8.67. The number of benzene rings is 1. The molecule has 1 aromatic carbocycles. The third-order valence-electron chi connectivity index (χ3n) is 6.48. The van der Waals surface area contributed by atoms with Crippen LogP contribution >= 0.6 is 11.3 Å². The number of carbonyl (C=O) groups is 3. The quantitative estimate of drug-likeness (QED) is 0.561. The molecule has 2 aliphatic rings. The summed E-state index contributed by atoms with van der Waals surface area (Å²) in [4.78, 5) is 43.0. The SMILES string of the molecule is COC(=O)c1c(NC(=O)CN2CCN(C(=O)c3cc4ccccc4o3)CC2)sc2c1CCCC2. The van der Waals surface area contributed by atoms with Crippen molar-refractivity contribution < 1.29 is 23.5 Å². The Morgan fingerprint density at radius 2 is 1.85 bits per heavy atom. The van der Waals surface area contributed by atoms with Gasteiger partial charge in [0.15, 0.2) is 5.76 Å². The number of methoxy groups -OCH3 is 1. The van der Waals surface area contributed by atoms with Gasteiger partial charge in [-0.1, -0.05) is 18.2 Å². The lowest BCUT2D eigenvalue weighted by Gasteiger charge is -2.33. The van der Waals surface area contributed by atoms with Crippen molar-refractivity contribution in [3.63, 3.8) is 0 Å². The van der Waals surface area contributed by atoms with Gasteiger partial charge in [0.1, 0.15) is 10.6 Å². The summed E-state index contributed by atoms with van der Waals surface area (Å²) in [5.74, 6) is -0.357. The maximum Gasteiger partial charge on any atom is 0.341 e. The predicted molar refractivity (Wildman–Crippen MR) is 129 cm³/mol. The highest BCUT2D eigenvalue weighted by Gasteiger charge is 2.29. The zero-order valence-corrected chi connectivity index (χ0v) is 19.9. The lowest BCUT2D eigenvalue weighted by atomic mass is 9.95. The topological polar surface area (TPSA) is 92.1 Å². The van der Waals surface area contributed by atoms with Gasteiger partial charge >= 0.3 is 5.97 Å². The molecule has 5 rings (SSSR count). The van der Waals surface area contributed by atoms with E-state index in [-0.39, 0.29) is 18.4 Å². The number of rotatable bonds is 5. The molecule has 0 spiro atoms. The summed E-state index contributed by atoms with van der Waals surface area (Å²) in [5.41, 5.74) is 2.23. The van der Waals surface area contributed by atoms with Crippen LogP contribution < -0.4 is 5.32 Å². The zero-order valence-electron chi connectivity index (χ0n) is 19.1. The number of piperazine rings is 1. The van der Waals surface area contributed by atoms with E-state index in [0.717, 1.165) is 36.6 Å². The maximum absolute atomic E-state index is 12.9. The second-order valence-corrected chi connectivity index (χ2v) is 9.78. The summed E-state index contributed by atoms with van der Waals surface area (Å²) < 4.78 is 10.7. The minimum atomic E-state index is -0.396. The number of nitrogens with zero attached hydrogens (tertiary/aromatic N) is 2. The highest BCUT2D eigenvalue weighted by Crippen LogP contribution is 2.38. The average molecular weight is 482 g/mol. The number of hydrogen-bond donors (Lipinski definition) is 1. The summed E-state index contributed by atoms with van der Waals surface area (Å²) in [6, 6.07) is 9.33. The number of para-hydroxylation sites is 1. The van der Waals surface area contributed by atoms with Crippen LogP contribution in [0.25, 0.3) is 11.0 Å². The molecule has 0 radical (unpaired) electrons. The van der Waals surface area contributed by atoms with Gasteiger partial charge in [-0.3, -0.25) is 14.5 Å². The molecular formula is C25H27N3O5S. The largest absolute Gasteiger partial charge is 0.465 e. The molecule has 9 heteroatoms. The number of esters is 1. The smallest absolute Gasteiger partial charge is 0.341 e. The Morgan fingerprint density at radius 3 is 2.62 bits per heavy atom. The molecule has 2 aromatic heterocycles. The molecule has 1 N–H and O–H groups in total. The third kappa shape index (κ3) is 4.45. The molecule has 1 aliphatic carbocycles. The van der Waals surface area contributed by atoms with Crippen LogP contribution in [0.2, 0.25) is 0 Å². The van der Waals surface area contributed by atoms with Gasteiger partial charge in [-0.15, -0.1) is 11.3 Å². The highest BCUT2D eigenvalue weighted by atomic mass is 32.1. The molecule has 178 valence electrons. The van der Waals surface area contributed by atoms with E-state index >= 15 is 0 Å². The lowest BCUT2D eigenvalue weighted by Crippen LogP contribution is -2.50. The summed E-state index contributed by atoms with van der Waals surface area (Å²) >= 11 is 1.48. The molecule has 3 aromatic rings. The fourth-order valence-corrected chi connectivity index (χ4v) is 5.99. The lowest BCUT2D eigenvalue weighted by molar-refractivity contribution is -0.117. The number of nitrogens with one attached hydrogen (secondary N) is 1. The van der Waals surface area contributed by atoms with Crippen molar-refractivity contribution in [3.05, 3.63) is 52.1 Å². The van der Waals surface area contributed by atoms with Crippen molar-refractivity contribution in [1.29, 1.82) is 0 Å². The van der Waals surface area contributed by atoms with Crippen LogP contribution in [0.5, 0.6) is 0 Å². The number of anilines is 1. The van der Waals surface area contributed by atoms with Gasteiger partial charge in [-0.05, 0) is 43.4 Å². The number of carbonyl (C=O) groups excluding carboxylic acids is 3. The van der Waals surface area contributed by atoms with Crippen molar-refractivity contribution in [2.45, 2.75) is 25.7 Å². The van der Waals surface area contributed by atoms with Gasteiger partial charge < -0.3 is 19.4 Å². The normalized spacial score (nSPS) is 16.3. The first-order valence-corrected chi connectivity index (χ1v) is 12.4. The van der Waals surface area contributed by atoms with E-state index in [0.29, 0.717) is 48.1 Å². The van der Waals surface area contributed by atoms with Crippen LogP contribution in [-0.4, -0.2) is 67.4 Å². The van der Waals surface area contributed by atoms with Crippen LogP contribution in [0, 0.1) is 0 Å². The summed E-state index contributed by atoms with van der Waals surface area (Å²) in [6.45, 7) is 2.41. The van der Waals surface area contributed by atoms with Gasteiger partial charge in [0.25, 0.3) is 5.91 Å². The molecule has 2 amide bonds. The van der Waals surface area contributed by atoms with E-state index in [1.807, 2.05) is 29.2 Å². The highest BCUT2D eigenvalue weighted by molar-refractivity contribution is 7.17. The van der Waals surface area contributed by atoms with Gasteiger partial charge in [-0.25, -0.2) is 4.79 Å². The number of ether oxygens (including phenoxy) is 1.